The number of rotatable bonds is 4. The van der Waals surface area contributed by atoms with E-state index in [4.69, 9.17) is 15.0 Å². The molecule has 4 heteroatoms. The van der Waals surface area contributed by atoms with E-state index in [1.54, 1.807) is 0 Å². The molecule has 0 saturated carbocycles. The summed E-state index contributed by atoms with van der Waals surface area (Å²) in [6.07, 6.45) is 3.86. The van der Waals surface area contributed by atoms with Gasteiger partial charge in [0.2, 0.25) is 0 Å². The Bertz CT molecular complexity index is 935. The summed E-state index contributed by atoms with van der Waals surface area (Å²) in [5, 5.41) is 0. The predicted molar refractivity (Wildman–Crippen MR) is 131 cm³/mol. The second-order valence-electron chi connectivity index (χ2n) is 12.8. The molecule has 0 saturated heterocycles. The van der Waals surface area contributed by atoms with E-state index in [0.29, 0.717) is 0 Å². The van der Waals surface area contributed by atoms with Crippen molar-refractivity contribution in [3.8, 4) is 0 Å². The van der Waals surface area contributed by atoms with Crippen LogP contribution < -0.4 is 0 Å². The average molecular weight is 425 g/mol. The van der Waals surface area contributed by atoms with E-state index in [2.05, 4.69) is 95.0 Å². The molecule has 172 valence electrons. The van der Waals surface area contributed by atoms with Gasteiger partial charge < -0.3 is 0 Å². The van der Waals surface area contributed by atoms with Crippen LogP contribution >= 0.6 is 0 Å². The van der Waals surface area contributed by atoms with Crippen LogP contribution in [0.1, 0.15) is 122 Å². The average Bonchev–Trinajstić information content (AvgIpc) is 2.58. The fourth-order valence-corrected chi connectivity index (χ4v) is 3.91. The van der Waals surface area contributed by atoms with Gasteiger partial charge in [-0.3, -0.25) is 0 Å². The minimum absolute atomic E-state index is 0.0118. The van der Waals surface area contributed by atoms with E-state index in [0.717, 1.165) is 41.4 Å². The van der Waals surface area contributed by atoms with Gasteiger partial charge in [0.25, 0.3) is 0 Å². The van der Waals surface area contributed by atoms with Crippen molar-refractivity contribution in [1.82, 2.24) is 19.9 Å². The molecule has 0 aliphatic heterocycles. The van der Waals surface area contributed by atoms with Crippen molar-refractivity contribution in [3.63, 3.8) is 0 Å². The minimum atomic E-state index is -0.0805. The Morgan fingerprint density at radius 1 is 0.645 bits per heavy atom. The zero-order chi connectivity index (χ0) is 24.0. The Morgan fingerprint density at radius 2 is 1.16 bits per heavy atom. The summed E-state index contributed by atoms with van der Waals surface area (Å²) in [7, 11) is 0. The monoisotopic (exact) mass is 424 g/mol. The summed E-state index contributed by atoms with van der Waals surface area (Å²) in [5.41, 5.74) is 5.62. The molecule has 4 nitrogen and oxygen atoms in total. The van der Waals surface area contributed by atoms with Gasteiger partial charge in [-0.25, -0.2) is 19.9 Å². The van der Waals surface area contributed by atoms with Crippen LogP contribution in [0.25, 0.3) is 0 Å². The number of aryl methyl sites for hydroxylation is 2. The van der Waals surface area contributed by atoms with Gasteiger partial charge in [-0.2, -0.15) is 0 Å². The molecular formula is C27H44N4. The van der Waals surface area contributed by atoms with Crippen LogP contribution in [0.3, 0.4) is 0 Å². The second kappa shape index (κ2) is 8.26. The van der Waals surface area contributed by atoms with Gasteiger partial charge in [0.1, 0.15) is 11.6 Å². The van der Waals surface area contributed by atoms with Gasteiger partial charge in [0.05, 0.1) is 11.4 Å². The van der Waals surface area contributed by atoms with Crippen molar-refractivity contribution in [1.29, 1.82) is 0 Å². The van der Waals surface area contributed by atoms with Crippen LogP contribution in [-0.2, 0) is 28.1 Å². The van der Waals surface area contributed by atoms with Gasteiger partial charge >= 0.3 is 0 Å². The van der Waals surface area contributed by atoms with Gasteiger partial charge in [0, 0.05) is 33.6 Å². The Hall–Kier alpha value is -1.84. The van der Waals surface area contributed by atoms with Crippen molar-refractivity contribution >= 4 is 0 Å². The molecule has 0 radical (unpaired) electrons. The third-order valence-electron chi connectivity index (χ3n) is 5.90. The summed E-state index contributed by atoms with van der Waals surface area (Å²) >= 11 is 0. The van der Waals surface area contributed by atoms with Crippen molar-refractivity contribution < 1.29 is 0 Å². The van der Waals surface area contributed by atoms with E-state index in [1.165, 1.54) is 11.3 Å². The number of hydrogen-bond acceptors (Lipinski definition) is 4. The maximum absolute atomic E-state index is 5.05. The first-order chi connectivity index (χ1) is 13.8. The molecular weight excluding hydrogens is 380 g/mol. The zero-order valence-corrected chi connectivity index (χ0v) is 22.3. The largest absolute Gasteiger partial charge is 0.241 e. The third kappa shape index (κ3) is 5.90. The highest BCUT2D eigenvalue weighted by atomic mass is 14.9. The standard InChI is InChI=1S/C27H44N4/c1-17-16-28-22(25(6,7)8)30-20(17)27(12,13)15-14-19-18(2)21(24(3,4)5)31-23(29-19)26(9,10)11/h16H,14-15H2,1-13H3. The molecule has 0 aliphatic rings. The van der Waals surface area contributed by atoms with Crippen molar-refractivity contribution in [2.45, 2.75) is 125 Å². The molecule has 0 atom stereocenters. The normalized spacial score (nSPS) is 13.6. The lowest BCUT2D eigenvalue weighted by Crippen LogP contribution is -2.27. The summed E-state index contributed by atoms with van der Waals surface area (Å²) in [6, 6.07) is 0. The molecule has 31 heavy (non-hydrogen) atoms. The number of aromatic nitrogens is 4. The molecule has 2 aromatic rings. The highest BCUT2D eigenvalue weighted by molar-refractivity contribution is 5.32. The first kappa shape index (κ1) is 25.4. The number of hydrogen-bond donors (Lipinski definition) is 0. The van der Waals surface area contributed by atoms with Crippen LogP contribution in [0.15, 0.2) is 6.20 Å². The molecule has 2 aromatic heterocycles. The Balaban J connectivity index is 2.46. The van der Waals surface area contributed by atoms with Gasteiger partial charge in [-0.05, 0) is 37.8 Å². The molecule has 0 aliphatic carbocycles. The van der Waals surface area contributed by atoms with Crippen LogP contribution in [0.2, 0.25) is 0 Å². The molecule has 2 heterocycles. The Labute approximate surface area is 190 Å². The highest BCUT2D eigenvalue weighted by Crippen LogP contribution is 2.33. The molecule has 0 aromatic carbocycles. The highest BCUT2D eigenvalue weighted by Gasteiger charge is 2.30. The van der Waals surface area contributed by atoms with Crippen LogP contribution in [0.5, 0.6) is 0 Å². The summed E-state index contributed by atoms with van der Waals surface area (Å²) in [5.74, 6) is 1.84. The molecule has 2 rings (SSSR count). The molecule has 0 spiro atoms. The second-order valence-corrected chi connectivity index (χ2v) is 12.8. The summed E-state index contributed by atoms with van der Waals surface area (Å²) in [6.45, 7) is 28.7. The maximum atomic E-state index is 5.05. The zero-order valence-electron chi connectivity index (χ0n) is 22.3. The predicted octanol–water partition coefficient (Wildman–Crippen LogP) is 6.69. The van der Waals surface area contributed by atoms with E-state index < -0.39 is 0 Å². The van der Waals surface area contributed by atoms with Crippen molar-refractivity contribution in [3.05, 3.63) is 46.1 Å². The summed E-state index contributed by atoms with van der Waals surface area (Å²) < 4.78 is 0. The Morgan fingerprint density at radius 3 is 1.65 bits per heavy atom. The van der Waals surface area contributed by atoms with Gasteiger partial charge in [0.15, 0.2) is 0 Å². The number of nitrogens with zero attached hydrogens (tertiary/aromatic N) is 4. The Kier molecular flexibility index (Phi) is 6.77. The third-order valence-corrected chi connectivity index (χ3v) is 5.90. The lowest BCUT2D eigenvalue weighted by atomic mass is 9.80. The van der Waals surface area contributed by atoms with E-state index in [9.17, 15) is 0 Å². The first-order valence-corrected chi connectivity index (χ1v) is 11.6. The molecule has 0 N–H and O–H groups in total. The van der Waals surface area contributed by atoms with Crippen LogP contribution in [-0.4, -0.2) is 19.9 Å². The fraction of sp³-hybridized carbons (Fsp3) is 0.704. The fourth-order valence-electron chi connectivity index (χ4n) is 3.91. The lowest BCUT2D eigenvalue weighted by molar-refractivity contribution is 0.442. The molecule has 0 bridgehead atoms. The topological polar surface area (TPSA) is 51.6 Å². The first-order valence-electron chi connectivity index (χ1n) is 11.6. The quantitative estimate of drug-likeness (QED) is 0.549. The SMILES string of the molecule is Cc1cnc(C(C)(C)C)nc1C(C)(C)CCc1nc(C(C)(C)C)nc(C(C)(C)C)c1C. The minimum Gasteiger partial charge on any atom is -0.241 e. The van der Waals surface area contributed by atoms with E-state index in [-0.39, 0.29) is 21.7 Å². The molecule has 0 amide bonds. The van der Waals surface area contributed by atoms with E-state index in [1.807, 2.05) is 6.20 Å². The lowest BCUT2D eigenvalue weighted by Gasteiger charge is -2.29. The van der Waals surface area contributed by atoms with Crippen molar-refractivity contribution in [2.75, 3.05) is 0 Å². The van der Waals surface area contributed by atoms with Crippen molar-refractivity contribution in [2.24, 2.45) is 0 Å². The van der Waals surface area contributed by atoms with Gasteiger partial charge in [-0.1, -0.05) is 76.2 Å². The maximum Gasteiger partial charge on any atom is 0.134 e. The summed E-state index contributed by atoms with van der Waals surface area (Å²) in [4.78, 5) is 19.7. The van der Waals surface area contributed by atoms with Crippen LogP contribution in [0.4, 0.5) is 0 Å². The van der Waals surface area contributed by atoms with Gasteiger partial charge in [-0.15, -0.1) is 0 Å². The van der Waals surface area contributed by atoms with E-state index >= 15 is 0 Å². The smallest absolute Gasteiger partial charge is 0.134 e. The molecule has 0 unspecified atom stereocenters. The molecule has 0 fully saturated rings. The van der Waals surface area contributed by atoms with Crippen LogP contribution in [0, 0.1) is 13.8 Å².